The van der Waals surface area contributed by atoms with Crippen molar-refractivity contribution in [1.82, 2.24) is 4.90 Å². The van der Waals surface area contributed by atoms with Gasteiger partial charge in [0.1, 0.15) is 5.82 Å². The van der Waals surface area contributed by atoms with Crippen molar-refractivity contribution in [1.29, 1.82) is 0 Å². The molecule has 4 nitrogen and oxygen atoms in total. The second-order valence-corrected chi connectivity index (χ2v) is 9.08. The smallest absolute Gasteiger partial charge is 0.222 e. The first-order chi connectivity index (χ1) is 10.7. The van der Waals surface area contributed by atoms with E-state index < -0.39 is 20.9 Å². The number of carbonyl (C=O) groups is 1. The van der Waals surface area contributed by atoms with Crippen molar-refractivity contribution in [3.63, 3.8) is 0 Å². The molecule has 0 radical (unpaired) electrons. The van der Waals surface area contributed by atoms with Crippen LogP contribution in [0.5, 0.6) is 0 Å². The highest BCUT2D eigenvalue weighted by atomic mass is 35.5. The maximum absolute atomic E-state index is 13.6. The number of amides is 1. The Labute approximate surface area is 141 Å². The summed E-state index contributed by atoms with van der Waals surface area (Å²) < 4.78 is 37.8. The first-order valence-electron chi connectivity index (χ1n) is 7.63. The van der Waals surface area contributed by atoms with Gasteiger partial charge in [0.2, 0.25) is 5.91 Å². The Hall–Kier alpha value is -1.14. The summed E-state index contributed by atoms with van der Waals surface area (Å²) in [5.41, 5.74) is 0.326. The van der Waals surface area contributed by atoms with Gasteiger partial charge in [0.25, 0.3) is 0 Å². The Morgan fingerprint density at radius 3 is 2.61 bits per heavy atom. The second-order valence-electron chi connectivity index (χ2n) is 6.34. The lowest BCUT2D eigenvalue weighted by Gasteiger charge is -2.39. The summed E-state index contributed by atoms with van der Waals surface area (Å²) in [4.78, 5) is 13.6. The van der Waals surface area contributed by atoms with Crippen molar-refractivity contribution in [2.45, 2.75) is 31.9 Å². The molecule has 1 fully saturated rings. The molecular weight excluding hydrogens is 341 g/mol. The number of halogens is 2. The zero-order valence-corrected chi connectivity index (χ0v) is 14.8. The average Bonchev–Trinajstić information content (AvgIpc) is 2.34. The van der Waals surface area contributed by atoms with E-state index in [1.807, 2.05) is 13.8 Å². The lowest BCUT2D eigenvalue weighted by molar-refractivity contribution is -0.134. The van der Waals surface area contributed by atoms with E-state index in [-0.39, 0.29) is 43.5 Å². The molecule has 0 aromatic heterocycles. The van der Waals surface area contributed by atoms with E-state index >= 15 is 0 Å². The van der Waals surface area contributed by atoms with Crippen molar-refractivity contribution in [2.24, 2.45) is 5.92 Å². The van der Waals surface area contributed by atoms with Gasteiger partial charge in [-0.1, -0.05) is 31.5 Å². The summed E-state index contributed by atoms with van der Waals surface area (Å²) in [6.07, 6.45) is 0.335. The SMILES string of the molecule is CC(C)CS(=O)(=O)C1CN(C(=O)CCc2c(F)cccc2Cl)C1. The van der Waals surface area contributed by atoms with Gasteiger partial charge in [0.15, 0.2) is 9.84 Å². The summed E-state index contributed by atoms with van der Waals surface area (Å²) in [6, 6.07) is 4.41. The fourth-order valence-electron chi connectivity index (χ4n) is 2.63. The topological polar surface area (TPSA) is 54.5 Å². The fraction of sp³-hybridized carbons (Fsp3) is 0.562. The van der Waals surface area contributed by atoms with Crippen molar-refractivity contribution in [3.05, 3.63) is 34.6 Å². The number of likely N-dealkylation sites (tertiary alicyclic amines) is 1. The highest BCUT2D eigenvalue weighted by Gasteiger charge is 2.39. The quantitative estimate of drug-likeness (QED) is 0.782. The zero-order valence-electron chi connectivity index (χ0n) is 13.3. The summed E-state index contributed by atoms with van der Waals surface area (Å²) in [7, 11) is -3.14. The van der Waals surface area contributed by atoms with Gasteiger partial charge < -0.3 is 4.90 Å². The van der Waals surface area contributed by atoms with E-state index in [0.717, 1.165) is 0 Å². The van der Waals surface area contributed by atoms with E-state index in [1.165, 1.54) is 17.0 Å². The molecular formula is C16H21ClFNO3S. The van der Waals surface area contributed by atoms with Crippen LogP contribution in [0.25, 0.3) is 0 Å². The molecule has 0 spiro atoms. The maximum Gasteiger partial charge on any atom is 0.222 e. The molecule has 1 aliphatic rings. The van der Waals surface area contributed by atoms with E-state index in [2.05, 4.69) is 0 Å². The highest BCUT2D eigenvalue weighted by molar-refractivity contribution is 7.92. The van der Waals surface area contributed by atoms with Crippen molar-refractivity contribution >= 4 is 27.3 Å². The van der Waals surface area contributed by atoms with Crippen LogP contribution in [-0.4, -0.2) is 43.3 Å². The van der Waals surface area contributed by atoms with Gasteiger partial charge in [0, 0.05) is 30.1 Å². The Morgan fingerprint density at radius 2 is 2.04 bits per heavy atom. The summed E-state index contributed by atoms with van der Waals surface area (Å²) in [5.74, 6) is -0.371. The van der Waals surface area contributed by atoms with Crippen LogP contribution in [0.1, 0.15) is 25.8 Å². The number of carbonyl (C=O) groups excluding carboxylic acids is 1. The van der Waals surface area contributed by atoms with E-state index in [4.69, 9.17) is 11.6 Å². The zero-order chi connectivity index (χ0) is 17.2. The third-order valence-corrected chi connectivity index (χ3v) is 6.72. The fourth-order valence-corrected chi connectivity index (χ4v) is 4.90. The van der Waals surface area contributed by atoms with Gasteiger partial charge >= 0.3 is 0 Å². The molecule has 1 aromatic carbocycles. The normalized spacial score (nSPS) is 15.8. The lowest BCUT2D eigenvalue weighted by atomic mass is 10.1. The number of hydrogen-bond acceptors (Lipinski definition) is 3. The first kappa shape index (κ1) is 18.2. The minimum absolute atomic E-state index is 0.0768. The number of nitrogens with zero attached hydrogens (tertiary/aromatic N) is 1. The predicted octanol–water partition coefficient (Wildman–Crippen LogP) is 2.69. The molecule has 128 valence electrons. The molecule has 23 heavy (non-hydrogen) atoms. The number of hydrogen-bond donors (Lipinski definition) is 0. The third-order valence-electron chi connectivity index (χ3n) is 3.92. The molecule has 1 heterocycles. The molecule has 0 atom stereocenters. The molecule has 0 saturated carbocycles. The Balaban J connectivity index is 1.86. The average molecular weight is 362 g/mol. The van der Waals surface area contributed by atoms with Crippen LogP contribution < -0.4 is 0 Å². The molecule has 0 unspecified atom stereocenters. The van der Waals surface area contributed by atoms with Crippen molar-refractivity contribution in [2.75, 3.05) is 18.8 Å². The minimum atomic E-state index is -3.14. The number of sulfone groups is 1. The molecule has 1 aromatic rings. The summed E-state index contributed by atoms with van der Waals surface area (Å²) >= 11 is 5.93. The molecule has 1 saturated heterocycles. The van der Waals surface area contributed by atoms with Crippen LogP contribution in [0, 0.1) is 11.7 Å². The van der Waals surface area contributed by atoms with Gasteiger partial charge in [-0.3, -0.25) is 4.79 Å². The Morgan fingerprint density at radius 1 is 1.39 bits per heavy atom. The van der Waals surface area contributed by atoms with Crippen LogP contribution >= 0.6 is 11.6 Å². The molecule has 2 rings (SSSR count). The Kier molecular flexibility index (Phi) is 5.68. The molecule has 0 aliphatic carbocycles. The molecule has 0 bridgehead atoms. The van der Waals surface area contributed by atoms with Gasteiger partial charge in [-0.15, -0.1) is 0 Å². The monoisotopic (exact) mass is 361 g/mol. The van der Waals surface area contributed by atoms with Crippen LogP contribution in [0.3, 0.4) is 0 Å². The van der Waals surface area contributed by atoms with Crippen LogP contribution in [-0.2, 0) is 21.1 Å². The standard InChI is InChI=1S/C16H21ClFNO3S/c1-11(2)10-23(21,22)12-8-19(9-12)16(20)7-6-13-14(17)4-3-5-15(13)18/h3-5,11-12H,6-10H2,1-2H3. The van der Waals surface area contributed by atoms with E-state index in [1.54, 1.807) is 6.07 Å². The number of benzene rings is 1. The van der Waals surface area contributed by atoms with Gasteiger partial charge in [0.05, 0.1) is 11.0 Å². The molecule has 0 N–H and O–H groups in total. The van der Waals surface area contributed by atoms with E-state index in [9.17, 15) is 17.6 Å². The van der Waals surface area contributed by atoms with Gasteiger partial charge in [-0.25, -0.2) is 12.8 Å². The largest absolute Gasteiger partial charge is 0.340 e. The van der Waals surface area contributed by atoms with Crippen LogP contribution in [0.15, 0.2) is 18.2 Å². The van der Waals surface area contributed by atoms with Crippen molar-refractivity contribution < 1.29 is 17.6 Å². The van der Waals surface area contributed by atoms with Gasteiger partial charge in [-0.05, 0) is 24.5 Å². The third kappa shape index (κ3) is 4.44. The van der Waals surface area contributed by atoms with Gasteiger partial charge in [-0.2, -0.15) is 0 Å². The molecule has 1 amide bonds. The second kappa shape index (κ2) is 7.18. The first-order valence-corrected chi connectivity index (χ1v) is 9.72. The van der Waals surface area contributed by atoms with Crippen molar-refractivity contribution in [3.8, 4) is 0 Å². The lowest BCUT2D eigenvalue weighted by Crippen LogP contribution is -2.57. The summed E-state index contributed by atoms with van der Waals surface area (Å²) in [5, 5.41) is -0.162. The summed E-state index contributed by atoms with van der Waals surface area (Å²) in [6.45, 7) is 4.19. The maximum atomic E-state index is 13.6. The molecule has 1 aliphatic heterocycles. The predicted molar refractivity (Wildman–Crippen MR) is 88.7 cm³/mol. The highest BCUT2D eigenvalue weighted by Crippen LogP contribution is 2.23. The van der Waals surface area contributed by atoms with E-state index in [0.29, 0.717) is 10.6 Å². The molecule has 7 heteroatoms. The van der Waals surface area contributed by atoms with Crippen LogP contribution in [0.4, 0.5) is 4.39 Å². The Bertz CT molecular complexity index is 664. The minimum Gasteiger partial charge on any atom is -0.340 e. The van der Waals surface area contributed by atoms with Crippen LogP contribution in [0.2, 0.25) is 5.02 Å². The number of rotatable bonds is 6.